The first-order valence-corrected chi connectivity index (χ1v) is 9.52. The van der Waals surface area contributed by atoms with Gasteiger partial charge < -0.3 is 15.5 Å². The number of carbonyl (C=O) groups excluding carboxylic acids is 2. The fourth-order valence-corrected chi connectivity index (χ4v) is 3.56. The van der Waals surface area contributed by atoms with Crippen molar-refractivity contribution in [2.24, 2.45) is 0 Å². The number of aromatic nitrogens is 1. The lowest BCUT2D eigenvalue weighted by molar-refractivity contribution is -0.142. The monoisotopic (exact) mass is 401 g/mol. The Morgan fingerprint density at radius 1 is 1.29 bits per heavy atom. The number of anilines is 1. The second kappa shape index (κ2) is 9.03. The van der Waals surface area contributed by atoms with Crippen molar-refractivity contribution in [2.45, 2.75) is 25.6 Å². The number of carbonyl (C=O) groups is 2. The fraction of sp³-hybridized carbons (Fsp3) is 0.350. The molecule has 28 heavy (non-hydrogen) atoms. The minimum Gasteiger partial charge on any atom is -0.343 e. The summed E-state index contributed by atoms with van der Waals surface area (Å²) in [6.45, 7) is 3.42. The van der Waals surface area contributed by atoms with Gasteiger partial charge in [0.15, 0.2) is 0 Å². The molecule has 0 radical (unpaired) electrons. The molecular weight excluding hydrogens is 378 g/mol. The fourth-order valence-electron chi connectivity index (χ4n) is 3.38. The Balaban J connectivity index is 1.66. The van der Waals surface area contributed by atoms with Crippen LogP contribution in [0.15, 0.2) is 48.8 Å². The molecule has 3 amide bonds. The third-order valence-electron chi connectivity index (χ3n) is 4.89. The lowest BCUT2D eigenvalue weighted by Gasteiger charge is -2.43. The summed E-state index contributed by atoms with van der Waals surface area (Å²) < 4.78 is 0. The number of amides is 3. The maximum Gasteiger partial charge on any atom is 0.319 e. The van der Waals surface area contributed by atoms with Crippen LogP contribution >= 0.6 is 11.6 Å². The molecule has 1 aromatic heterocycles. The zero-order chi connectivity index (χ0) is 20.1. The first-order chi connectivity index (χ1) is 13.5. The van der Waals surface area contributed by atoms with Gasteiger partial charge in [0.25, 0.3) is 0 Å². The van der Waals surface area contributed by atoms with E-state index >= 15 is 0 Å². The first kappa shape index (κ1) is 20.1. The number of pyridine rings is 1. The molecule has 0 spiro atoms. The van der Waals surface area contributed by atoms with Gasteiger partial charge in [-0.3, -0.25) is 14.7 Å². The van der Waals surface area contributed by atoms with Gasteiger partial charge in [-0.1, -0.05) is 29.8 Å². The molecule has 0 saturated carbocycles. The van der Waals surface area contributed by atoms with Crippen LogP contribution in [0.25, 0.3) is 0 Å². The molecular formula is C20H24ClN5O2. The number of halogens is 1. The Labute approximate surface area is 169 Å². The third-order valence-corrected chi connectivity index (χ3v) is 5.22. The summed E-state index contributed by atoms with van der Waals surface area (Å²) >= 11 is 6.08. The normalized spacial score (nSPS) is 20.1. The van der Waals surface area contributed by atoms with Crippen molar-refractivity contribution in [3.8, 4) is 0 Å². The van der Waals surface area contributed by atoms with Gasteiger partial charge in [0, 0.05) is 45.1 Å². The molecule has 0 unspecified atom stereocenters. The van der Waals surface area contributed by atoms with Gasteiger partial charge in [-0.15, -0.1) is 0 Å². The molecule has 2 N–H and O–H groups in total. The van der Waals surface area contributed by atoms with Crippen molar-refractivity contribution < 1.29 is 9.59 Å². The Hall–Kier alpha value is -2.64. The number of nitrogens with one attached hydrogen (secondary N) is 2. The summed E-state index contributed by atoms with van der Waals surface area (Å²) in [5.41, 5.74) is 1.58. The van der Waals surface area contributed by atoms with Crippen LogP contribution in [0.4, 0.5) is 10.5 Å². The number of rotatable bonds is 5. The largest absolute Gasteiger partial charge is 0.343 e. The molecule has 2 aromatic rings. The number of piperazine rings is 1. The van der Waals surface area contributed by atoms with Crippen LogP contribution in [-0.4, -0.2) is 58.9 Å². The van der Waals surface area contributed by atoms with Gasteiger partial charge in [-0.25, -0.2) is 4.79 Å². The highest BCUT2D eigenvalue weighted by Crippen LogP contribution is 2.21. The third kappa shape index (κ3) is 4.79. The number of benzene rings is 1. The Morgan fingerprint density at radius 3 is 2.79 bits per heavy atom. The van der Waals surface area contributed by atoms with Gasteiger partial charge in [-0.05, 0) is 30.7 Å². The predicted molar refractivity (Wildman–Crippen MR) is 109 cm³/mol. The average Bonchev–Trinajstić information content (AvgIpc) is 2.70. The van der Waals surface area contributed by atoms with E-state index < -0.39 is 0 Å². The molecule has 2 heterocycles. The average molecular weight is 402 g/mol. The predicted octanol–water partition coefficient (Wildman–Crippen LogP) is 2.59. The van der Waals surface area contributed by atoms with Gasteiger partial charge in [0.05, 0.1) is 16.8 Å². The van der Waals surface area contributed by atoms with E-state index in [9.17, 15) is 9.59 Å². The summed E-state index contributed by atoms with van der Waals surface area (Å²) in [6.07, 6.45) is 3.52. The minimum atomic E-state index is -0.332. The molecule has 1 aromatic carbocycles. The molecule has 7 nitrogen and oxygen atoms in total. The smallest absolute Gasteiger partial charge is 0.319 e. The summed E-state index contributed by atoms with van der Waals surface area (Å²) in [6, 6.07) is 10.3. The summed E-state index contributed by atoms with van der Waals surface area (Å²) in [5, 5.41) is 6.13. The quantitative estimate of drug-likeness (QED) is 0.807. The molecule has 0 bridgehead atoms. The van der Waals surface area contributed by atoms with Crippen LogP contribution in [-0.2, 0) is 11.3 Å². The van der Waals surface area contributed by atoms with Crippen LogP contribution in [0.2, 0.25) is 5.02 Å². The van der Waals surface area contributed by atoms with Gasteiger partial charge in [-0.2, -0.15) is 0 Å². The molecule has 8 heteroatoms. The number of likely N-dealkylation sites (N-methyl/N-ethyl adjacent to an activating group) is 1. The first-order valence-electron chi connectivity index (χ1n) is 9.14. The van der Waals surface area contributed by atoms with E-state index in [2.05, 4.69) is 20.5 Å². The van der Waals surface area contributed by atoms with E-state index in [4.69, 9.17) is 11.6 Å². The lowest BCUT2D eigenvalue weighted by atomic mass is 10.0. The minimum absolute atomic E-state index is 0.0186. The van der Waals surface area contributed by atoms with Crippen molar-refractivity contribution in [1.29, 1.82) is 0 Å². The molecule has 1 aliphatic heterocycles. The van der Waals surface area contributed by atoms with Crippen molar-refractivity contribution in [3.05, 3.63) is 59.4 Å². The van der Waals surface area contributed by atoms with E-state index in [1.807, 2.05) is 19.1 Å². The number of nitrogens with zero attached hydrogens (tertiary/aromatic N) is 3. The van der Waals surface area contributed by atoms with Crippen molar-refractivity contribution in [1.82, 2.24) is 20.1 Å². The van der Waals surface area contributed by atoms with Crippen LogP contribution in [0, 0.1) is 0 Å². The molecule has 2 atom stereocenters. The van der Waals surface area contributed by atoms with Crippen LogP contribution < -0.4 is 10.6 Å². The molecule has 3 rings (SSSR count). The van der Waals surface area contributed by atoms with Gasteiger partial charge >= 0.3 is 6.03 Å². The standard InChI is InChI=1S/C20H24ClN5O2/c1-14-19(27)25(2)13-16(26(14)12-15-6-5-9-22-10-15)11-23-20(28)24-18-8-4-3-7-17(18)21/h3-10,14,16H,11-13H2,1-2H3,(H2,23,24,28)/t14-,16+/m0/s1. The zero-order valence-corrected chi connectivity index (χ0v) is 16.7. The lowest BCUT2D eigenvalue weighted by Crippen LogP contribution is -2.62. The molecule has 1 aliphatic rings. The van der Waals surface area contributed by atoms with Crippen LogP contribution in [0.5, 0.6) is 0 Å². The summed E-state index contributed by atoms with van der Waals surface area (Å²) in [7, 11) is 1.79. The van der Waals surface area contributed by atoms with Gasteiger partial charge in [0.2, 0.25) is 5.91 Å². The number of hydrogen-bond acceptors (Lipinski definition) is 4. The van der Waals surface area contributed by atoms with E-state index in [-0.39, 0.29) is 24.0 Å². The van der Waals surface area contributed by atoms with Crippen LogP contribution in [0.3, 0.4) is 0 Å². The van der Waals surface area contributed by atoms with Gasteiger partial charge in [0.1, 0.15) is 0 Å². The Morgan fingerprint density at radius 2 is 2.07 bits per heavy atom. The second-order valence-corrected chi connectivity index (χ2v) is 7.30. The molecule has 1 saturated heterocycles. The van der Waals surface area contributed by atoms with Crippen LogP contribution in [0.1, 0.15) is 12.5 Å². The second-order valence-electron chi connectivity index (χ2n) is 6.90. The van der Waals surface area contributed by atoms with E-state index in [1.54, 1.807) is 48.6 Å². The summed E-state index contributed by atoms with van der Waals surface area (Å²) in [4.78, 5) is 32.7. The highest BCUT2D eigenvalue weighted by molar-refractivity contribution is 6.33. The number of urea groups is 1. The van der Waals surface area contributed by atoms with Crippen molar-refractivity contribution >= 4 is 29.2 Å². The molecule has 1 fully saturated rings. The number of para-hydroxylation sites is 1. The summed E-state index contributed by atoms with van der Waals surface area (Å²) in [5.74, 6) is 0.0701. The zero-order valence-electron chi connectivity index (χ0n) is 15.9. The highest BCUT2D eigenvalue weighted by atomic mass is 35.5. The Bertz CT molecular complexity index is 832. The van der Waals surface area contributed by atoms with Crippen molar-refractivity contribution in [2.75, 3.05) is 25.5 Å². The Kier molecular flexibility index (Phi) is 6.49. The molecule has 148 valence electrons. The van der Waals surface area contributed by atoms with E-state index in [0.29, 0.717) is 30.3 Å². The maximum atomic E-state index is 12.4. The molecule has 0 aliphatic carbocycles. The van der Waals surface area contributed by atoms with E-state index in [1.165, 1.54) is 0 Å². The highest BCUT2D eigenvalue weighted by Gasteiger charge is 2.36. The maximum absolute atomic E-state index is 12.4. The topological polar surface area (TPSA) is 77.6 Å². The number of hydrogen-bond donors (Lipinski definition) is 2. The van der Waals surface area contributed by atoms with Crippen molar-refractivity contribution in [3.63, 3.8) is 0 Å². The van der Waals surface area contributed by atoms with E-state index in [0.717, 1.165) is 5.56 Å². The SMILES string of the molecule is C[C@H]1C(=O)N(C)C[C@@H](CNC(=O)Nc2ccccc2Cl)N1Cc1cccnc1.